The standard InChI is InChI=1S/C21H15ClFN/c1-14-21(17-6-2-4-8-19(17)22)18-7-3-5-9-20(18)24(14)16-12-10-15(23)11-13-16/h2-13H,1H3. The summed E-state index contributed by atoms with van der Waals surface area (Å²) >= 11 is 6.45. The second-order valence-corrected chi connectivity index (χ2v) is 6.18. The summed E-state index contributed by atoms with van der Waals surface area (Å²) < 4.78 is 15.5. The van der Waals surface area contributed by atoms with Crippen LogP contribution in [0.2, 0.25) is 5.02 Å². The topological polar surface area (TPSA) is 4.93 Å². The van der Waals surface area contributed by atoms with E-state index in [1.54, 1.807) is 12.1 Å². The predicted molar refractivity (Wildman–Crippen MR) is 98.4 cm³/mol. The Kier molecular flexibility index (Phi) is 3.62. The first kappa shape index (κ1) is 15.0. The maximum absolute atomic E-state index is 13.3. The minimum Gasteiger partial charge on any atom is -0.313 e. The lowest BCUT2D eigenvalue weighted by Crippen LogP contribution is -1.96. The van der Waals surface area contributed by atoms with E-state index in [4.69, 9.17) is 11.6 Å². The van der Waals surface area contributed by atoms with Crippen LogP contribution in [0.3, 0.4) is 0 Å². The average Bonchev–Trinajstić information content (AvgIpc) is 2.88. The van der Waals surface area contributed by atoms with Crippen molar-refractivity contribution in [2.45, 2.75) is 6.92 Å². The Morgan fingerprint density at radius 3 is 2.25 bits per heavy atom. The van der Waals surface area contributed by atoms with Crippen molar-refractivity contribution in [1.29, 1.82) is 0 Å². The van der Waals surface area contributed by atoms with E-state index in [1.165, 1.54) is 12.1 Å². The molecule has 0 fully saturated rings. The summed E-state index contributed by atoms with van der Waals surface area (Å²) in [5, 5.41) is 1.86. The molecule has 3 heteroatoms. The molecule has 4 aromatic rings. The van der Waals surface area contributed by atoms with Gasteiger partial charge in [0.25, 0.3) is 0 Å². The molecule has 1 aromatic heterocycles. The number of rotatable bonds is 2. The Balaban J connectivity index is 2.08. The molecule has 0 spiro atoms. The van der Waals surface area contributed by atoms with E-state index in [1.807, 2.05) is 36.4 Å². The van der Waals surface area contributed by atoms with Gasteiger partial charge in [0.15, 0.2) is 0 Å². The molecule has 0 aliphatic heterocycles. The van der Waals surface area contributed by atoms with E-state index < -0.39 is 0 Å². The molecule has 1 heterocycles. The molecule has 0 bridgehead atoms. The van der Waals surface area contributed by atoms with Crippen molar-refractivity contribution >= 4 is 22.5 Å². The molecule has 0 saturated heterocycles. The maximum atomic E-state index is 13.3. The number of hydrogen-bond acceptors (Lipinski definition) is 0. The summed E-state index contributed by atoms with van der Waals surface area (Å²) in [6, 6.07) is 22.6. The first-order chi connectivity index (χ1) is 11.7. The lowest BCUT2D eigenvalue weighted by Gasteiger charge is -2.09. The minimum absolute atomic E-state index is 0.237. The van der Waals surface area contributed by atoms with E-state index in [-0.39, 0.29) is 5.82 Å². The van der Waals surface area contributed by atoms with Crippen molar-refractivity contribution in [3.63, 3.8) is 0 Å². The fourth-order valence-electron chi connectivity index (χ4n) is 3.29. The predicted octanol–water partition coefficient (Wildman–Crippen LogP) is 6.40. The van der Waals surface area contributed by atoms with Crippen LogP contribution in [0.5, 0.6) is 0 Å². The molecule has 0 unspecified atom stereocenters. The third kappa shape index (κ3) is 2.31. The lowest BCUT2D eigenvalue weighted by molar-refractivity contribution is 0.627. The van der Waals surface area contributed by atoms with Crippen molar-refractivity contribution in [3.05, 3.63) is 89.3 Å². The first-order valence-corrected chi connectivity index (χ1v) is 8.15. The number of benzene rings is 3. The van der Waals surface area contributed by atoms with E-state index in [0.717, 1.165) is 38.4 Å². The molecular formula is C21H15ClFN. The summed E-state index contributed by atoms with van der Waals surface area (Å²) in [7, 11) is 0. The van der Waals surface area contributed by atoms with Crippen LogP contribution >= 0.6 is 11.6 Å². The zero-order valence-corrected chi connectivity index (χ0v) is 13.9. The Morgan fingerprint density at radius 1 is 0.833 bits per heavy atom. The fraction of sp³-hybridized carbons (Fsp3) is 0.0476. The number of nitrogens with zero attached hydrogens (tertiary/aromatic N) is 1. The van der Waals surface area contributed by atoms with Crippen molar-refractivity contribution in [2.24, 2.45) is 0 Å². The number of para-hydroxylation sites is 1. The van der Waals surface area contributed by atoms with Crippen LogP contribution in [0, 0.1) is 12.7 Å². The summed E-state index contributed by atoms with van der Waals surface area (Å²) in [4.78, 5) is 0. The summed E-state index contributed by atoms with van der Waals surface area (Å²) in [5.74, 6) is -0.237. The van der Waals surface area contributed by atoms with Crippen LogP contribution in [-0.2, 0) is 0 Å². The van der Waals surface area contributed by atoms with Gasteiger partial charge >= 0.3 is 0 Å². The molecule has 118 valence electrons. The monoisotopic (exact) mass is 335 g/mol. The van der Waals surface area contributed by atoms with Gasteiger partial charge in [-0.1, -0.05) is 48.0 Å². The van der Waals surface area contributed by atoms with Gasteiger partial charge in [-0.2, -0.15) is 0 Å². The van der Waals surface area contributed by atoms with Crippen LogP contribution in [-0.4, -0.2) is 4.57 Å². The molecule has 1 nitrogen and oxygen atoms in total. The third-order valence-electron chi connectivity index (χ3n) is 4.34. The second kappa shape index (κ2) is 5.81. The highest BCUT2D eigenvalue weighted by molar-refractivity contribution is 6.33. The van der Waals surface area contributed by atoms with Gasteiger partial charge in [-0.25, -0.2) is 4.39 Å². The van der Waals surface area contributed by atoms with Crippen LogP contribution in [0.15, 0.2) is 72.8 Å². The van der Waals surface area contributed by atoms with Crippen LogP contribution in [0.25, 0.3) is 27.7 Å². The SMILES string of the molecule is Cc1c(-c2ccccc2Cl)c2ccccc2n1-c1ccc(F)cc1. The van der Waals surface area contributed by atoms with E-state index in [9.17, 15) is 4.39 Å². The molecule has 24 heavy (non-hydrogen) atoms. The van der Waals surface area contributed by atoms with Gasteiger partial charge in [0, 0.05) is 32.9 Å². The maximum Gasteiger partial charge on any atom is 0.123 e. The van der Waals surface area contributed by atoms with E-state index in [0.29, 0.717) is 0 Å². The van der Waals surface area contributed by atoms with Gasteiger partial charge in [0.1, 0.15) is 5.82 Å². The van der Waals surface area contributed by atoms with Gasteiger partial charge in [0.2, 0.25) is 0 Å². The zero-order chi connectivity index (χ0) is 16.7. The van der Waals surface area contributed by atoms with Gasteiger partial charge in [0.05, 0.1) is 5.52 Å². The Labute approximate surface area is 144 Å². The van der Waals surface area contributed by atoms with Crippen molar-refractivity contribution in [3.8, 4) is 16.8 Å². The van der Waals surface area contributed by atoms with Gasteiger partial charge < -0.3 is 4.57 Å². The number of fused-ring (bicyclic) bond motifs is 1. The molecule has 0 radical (unpaired) electrons. The molecule has 4 rings (SSSR count). The molecule has 0 aliphatic carbocycles. The average molecular weight is 336 g/mol. The molecule has 0 amide bonds. The second-order valence-electron chi connectivity index (χ2n) is 5.77. The zero-order valence-electron chi connectivity index (χ0n) is 13.1. The fourth-order valence-corrected chi connectivity index (χ4v) is 3.52. The number of hydrogen-bond donors (Lipinski definition) is 0. The molecule has 0 aliphatic rings. The first-order valence-electron chi connectivity index (χ1n) is 7.77. The van der Waals surface area contributed by atoms with Crippen LogP contribution < -0.4 is 0 Å². The Morgan fingerprint density at radius 2 is 1.50 bits per heavy atom. The molecule has 0 N–H and O–H groups in total. The van der Waals surface area contributed by atoms with Crippen molar-refractivity contribution in [2.75, 3.05) is 0 Å². The van der Waals surface area contributed by atoms with Gasteiger partial charge in [-0.3, -0.25) is 0 Å². The van der Waals surface area contributed by atoms with Gasteiger partial charge in [-0.15, -0.1) is 0 Å². The third-order valence-corrected chi connectivity index (χ3v) is 4.67. The molecule has 0 saturated carbocycles. The molecule has 0 atom stereocenters. The smallest absolute Gasteiger partial charge is 0.123 e. The highest BCUT2D eigenvalue weighted by Crippen LogP contribution is 2.39. The van der Waals surface area contributed by atoms with Gasteiger partial charge in [-0.05, 0) is 43.3 Å². The van der Waals surface area contributed by atoms with Crippen molar-refractivity contribution < 1.29 is 4.39 Å². The minimum atomic E-state index is -0.237. The van der Waals surface area contributed by atoms with Crippen LogP contribution in [0.1, 0.15) is 5.69 Å². The molecule has 3 aromatic carbocycles. The normalized spacial score (nSPS) is 11.1. The lowest BCUT2D eigenvalue weighted by atomic mass is 10.0. The van der Waals surface area contributed by atoms with E-state index >= 15 is 0 Å². The number of aromatic nitrogens is 1. The Bertz CT molecular complexity index is 1030. The van der Waals surface area contributed by atoms with Crippen LogP contribution in [0.4, 0.5) is 4.39 Å². The number of halogens is 2. The quantitative estimate of drug-likeness (QED) is 0.399. The Hall–Kier alpha value is -2.58. The highest BCUT2D eigenvalue weighted by atomic mass is 35.5. The largest absolute Gasteiger partial charge is 0.313 e. The summed E-state index contributed by atoms with van der Waals surface area (Å²) in [6.07, 6.45) is 0. The summed E-state index contributed by atoms with van der Waals surface area (Å²) in [6.45, 7) is 2.07. The highest BCUT2D eigenvalue weighted by Gasteiger charge is 2.17. The van der Waals surface area contributed by atoms with Crippen molar-refractivity contribution in [1.82, 2.24) is 4.57 Å². The molecular weight excluding hydrogens is 321 g/mol. The summed E-state index contributed by atoms with van der Waals surface area (Å²) in [5.41, 5.74) is 5.21. The van der Waals surface area contributed by atoms with E-state index in [2.05, 4.69) is 23.6 Å².